The molecule has 68 valence electrons. The highest BCUT2D eigenvalue weighted by Gasteiger charge is 2.08. The Labute approximate surface area is 78.7 Å². The molecule has 0 saturated heterocycles. The number of benzene rings is 1. The number of rotatable bonds is 2. The largest absolute Gasteiger partial charge is 0.310 e. The van der Waals surface area contributed by atoms with Crippen molar-refractivity contribution in [2.75, 3.05) is 13.1 Å². The zero-order valence-corrected chi connectivity index (χ0v) is 7.61. The van der Waals surface area contributed by atoms with Gasteiger partial charge >= 0.3 is 0 Å². The molecule has 0 aromatic heterocycles. The van der Waals surface area contributed by atoms with E-state index in [4.69, 9.17) is 0 Å². The minimum atomic E-state index is 0.427. The summed E-state index contributed by atoms with van der Waals surface area (Å²) in [6.45, 7) is 1.93. The minimum absolute atomic E-state index is 0.427. The first kappa shape index (κ1) is 8.45. The Morgan fingerprint density at radius 3 is 2.85 bits per heavy atom. The van der Waals surface area contributed by atoms with Gasteiger partial charge in [0.05, 0.1) is 6.04 Å². The van der Waals surface area contributed by atoms with Gasteiger partial charge in [-0.1, -0.05) is 30.3 Å². The quantitative estimate of drug-likeness (QED) is 0.717. The lowest BCUT2D eigenvalue weighted by Gasteiger charge is -2.16. The Morgan fingerprint density at radius 2 is 2.15 bits per heavy atom. The Bertz CT molecular complexity index is 279. The topological polar surface area (TPSA) is 24.4 Å². The molecule has 1 aliphatic rings. The summed E-state index contributed by atoms with van der Waals surface area (Å²) in [5.74, 6) is 0. The van der Waals surface area contributed by atoms with E-state index in [1.54, 1.807) is 0 Å². The van der Waals surface area contributed by atoms with Crippen molar-refractivity contribution in [3.63, 3.8) is 0 Å². The molecule has 0 fully saturated rings. The monoisotopic (exact) mass is 174 g/mol. The summed E-state index contributed by atoms with van der Waals surface area (Å²) in [4.78, 5) is 4.44. The van der Waals surface area contributed by atoms with Crippen LogP contribution < -0.4 is 5.32 Å². The summed E-state index contributed by atoms with van der Waals surface area (Å²) >= 11 is 0. The van der Waals surface area contributed by atoms with E-state index >= 15 is 0 Å². The summed E-state index contributed by atoms with van der Waals surface area (Å²) in [6, 6.07) is 10.9. The van der Waals surface area contributed by atoms with Crippen molar-refractivity contribution >= 4 is 6.21 Å². The fraction of sp³-hybridized carbons (Fsp3) is 0.364. The van der Waals surface area contributed by atoms with E-state index in [0.29, 0.717) is 6.04 Å². The first-order valence-electron chi connectivity index (χ1n) is 4.71. The molecule has 13 heavy (non-hydrogen) atoms. The van der Waals surface area contributed by atoms with Gasteiger partial charge in [0.15, 0.2) is 0 Å². The summed E-state index contributed by atoms with van der Waals surface area (Å²) in [5.41, 5.74) is 1.37. The van der Waals surface area contributed by atoms with E-state index in [1.165, 1.54) is 5.56 Å². The highest BCUT2D eigenvalue weighted by Crippen LogP contribution is 2.05. The second-order valence-electron chi connectivity index (χ2n) is 3.33. The van der Waals surface area contributed by atoms with Crippen LogP contribution in [-0.2, 0) is 6.42 Å². The molecule has 2 rings (SSSR count). The Morgan fingerprint density at radius 1 is 1.31 bits per heavy atom. The van der Waals surface area contributed by atoms with E-state index in [-0.39, 0.29) is 0 Å². The van der Waals surface area contributed by atoms with Crippen LogP contribution in [0.1, 0.15) is 5.56 Å². The molecule has 1 unspecified atom stereocenters. The molecule has 0 saturated carbocycles. The summed E-state index contributed by atoms with van der Waals surface area (Å²) in [6.07, 6.45) is 3.02. The summed E-state index contributed by atoms with van der Waals surface area (Å²) in [7, 11) is 0. The first-order chi connectivity index (χ1) is 6.45. The van der Waals surface area contributed by atoms with Crippen LogP contribution >= 0.6 is 0 Å². The van der Waals surface area contributed by atoms with Gasteiger partial charge in [0.25, 0.3) is 0 Å². The van der Waals surface area contributed by atoms with Gasteiger partial charge in [-0.3, -0.25) is 4.99 Å². The number of hydrogen-bond acceptors (Lipinski definition) is 2. The van der Waals surface area contributed by atoms with Crippen molar-refractivity contribution in [3.8, 4) is 0 Å². The molecule has 0 spiro atoms. The van der Waals surface area contributed by atoms with Gasteiger partial charge in [-0.15, -0.1) is 0 Å². The number of nitrogens with one attached hydrogen (secondary N) is 1. The van der Waals surface area contributed by atoms with Gasteiger partial charge in [0.2, 0.25) is 0 Å². The van der Waals surface area contributed by atoms with Gasteiger partial charge in [-0.05, 0) is 12.0 Å². The molecule has 0 amide bonds. The number of hydrogen-bond donors (Lipinski definition) is 1. The van der Waals surface area contributed by atoms with Crippen molar-refractivity contribution in [1.82, 2.24) is 5.32 Å². The molecule has 1 N–H and O–H groups in total. The lowest BCUT2D eigenvalue weighted by Crippen LogP contribution is -2.33. The fourth-order valence-corrected chi connectivity index (χ4v) is 1.58. The van der Waals surface area contributed by atoms with Crippen molar-refractivity contribution in [3.05, 3.63) is 35.9 Å². The maximum absolute atomic E-state index is 4.44. The van der Waals surface area contributed by atoms with Crippen LogP contribution in [0.4, 0.5) is 0 Å². The zero-order chi connectivity index (χ0) is 8.93. The van der Waals surface area contributed by atoms with Gasteiger partial charge in [0, 0.05) is 19.3 Å². The Kier molecular flexibility index (Phi) is 2.72. The highest BCUT2D eigenvalue weighted by molar-refractivity contribution is 5.60. The number of aliphatic imine (C=N–C) groups is 1. The molecular formula is C11H14N2. The minimum Gasteiger partial charge on any atom is -0.310 e. The average Bonchev–Trinajstić information content (AvgIpc) is 2.21. The summed E-state index contributed by atoms with van der Waals surface area (Å²) < 4.78 is 0. The Hall–Kier alpha value is -1.15. The normalized spacial score (nSPS) is 21.7. The zero-order valence-electron chi connectivity index (χ0n) is 7.61. The third kappa shape index (κ3) is 2.39. The molecule has 1 aromatic carbocycles. The van der Waals surface area contributed by atoms with Gasteiger partial charge in [-0.2, -0.15) is 0 Å². The predicted octanol–water partition coefficient (Wildman–Crippen LogP) is 1.27. The molecule has 0 radical (unpaired) electrons. The fourth-order valence-electron chi connectivity index (χ4n) is 1.58. The van der Waals surface area contributed by atoms with Crippen LogP contribution in [-0.4, -0.2) is 25.3 Å². The maximum atomic E-state index is 4.44. The standard InChI is InChI=1S/C11H14N2/c1-2-4-10(5-3-1)8-11-9-12-6-7-13-11/h1-5,7,11-12H,6,8-9H2. The Balaban J connectivity index is 1.98. The van der Waals surface area contributed by atoms with Gasteiger partial charge in [0.1, 0.15) is 0 Å². The van der Waals surface area contributed by atoms with Crippen molar-refractivity contribution in [1.29, 1.82) is 0 Å². The molecule has 1 aromatic rings. The average molecular weight is 174 g/mol. The van der Waals surface area contributed by atoms with Crippen molar-refractivity contribution < 1.29 is 0 Å². The molecule has 0 aliphatic carbocycles. The molecule has 0 bridgehead atoms. The molecule has 1 atom stereocenters. The van der Waals surface area contributed by atoms with Crippen LogP contribution in [0.2, 0.25) is 0 Å². The predicted molar refractivity (Wildman–Crippen MR) is 55.3 cm³/mol. The van der Waals surface area contributed by atoms with Crippen LogP contribution in [0.5, 0.6) is 0 Å². The van der Waals surface area contributed by atoms with Crippen molar-refractivity contribution in [2.45, 2.75) is 12.5 Å². The molecule has 2 nitrogen and oxygen atoms in total. The number of nitrogens with zero attached hydrogens (tertiary/aromatic N) is 1. The van der Waals surface area contributed by atoms with Gasteiger partial charge in [-0.25, -0.2) is 0 Å². The van der Waals surface area contributed by atoms with E-state index in [2.05, 4.69) is 34.6 Å². The van der Waals surface area contributed by atoms with Crippen molar-refractivity contribution in [2.24, 2.45) is 4.99 Å². The second kappa shape index (κ2) is 4.19. The van der Waals surface area contributed by atoms with Crippen LogP contribution in [0.25, 0.3) is 0 Å². The molecule has 1 aliphatic heterocycles. The molecular weight excluding hydrogens is 160 g/mol. The lowest BCUT2D eigenvalue weighted by molar-refractivity contribution is 0.587. The highest BCUT2D eigenvalue weighted by atomic mass is 15.0. The first-order valence-corrected chi connectivity index (χ1v) is 4.71. The van der Waals surface area contributed by atoms with E-state index < -0.39 is 0 Å². The molecule has 2 heteroatoms. The van der Waals surface area contributed by atoms with E-state index in [9.17, 15) is 0 Å². The van der Waals surface area contributed by atoms with E-state index in [0.717, 1.165) is 19.5 Å². The lowest BCUT2D eigenvalue weighted by atomic mass is 10.1. The van der Waals surface area contributed by atoms with Gasteiger partial charge < -0.3 is 5.32 Å². The third-order valence-electron chi connectivity index (χ3n) is 2.25. The summed E-state index contributed by atoms with van der Waals surface area (Å²) in [5, 5.41) is 3.31. The maximum Gasteiger partial charge on any atom is 0.0661 e. The van der Waals surface area contributed by atoms with Crippen LogP contribution in [0.3, 0.4) is 0 Å². The second-order valence-corrected chi connectivity index (χ2v) is 3.33. The molecule has 1 heterocycles. The van der Waals surface area contributed by atoms with E-state index in [1.807, 2.05) is 12.3 Å². The van der Waals surface area contributed by atoms with Crippen LogP contribution in [0, 0.1) is 0 Å². The smallest absolute Gasteiger partial charge is 0.0661 e. The van der Waals surface area contributed by atoms with Crippen LogP contribution in [0.15, 0.2) is 35.3 Å². The third-order valence-corrected chi connectivity index (χ3v) is 2.25. The SMILES string of the molecule is C1=NC(Cc2ccccc2)CNC1.